The Labute approximate surface area is 141 Å². The summed E-state index contributed by atoms with van der Waals surface area (Å²) < 4.78 is 40.4. The van der Waals surface area contributed by atoms with Gasteiger partial charge in [-0.2, -0.15) is 0 Å². The van der Waals surface area contributed by atoms with Gasteiger partial charge in [-0.1, -0.05) is 13.0 Å². The first-order valence-corrected chi connectivity index (χ1v) is 8.56. The zero-order valence-electron chi connectivity index (χ0n) is 13.2. The number of halogens is 3. The van der Waals surface area contributed by atoms with E-state index < -0.39 is 17.5 Å². The molecule has 0 aliphatic carbocycles. The van der Waals surface area contributed by atoms with Crippen molar-refractivity contribution in [3.05, 3.63) is 52.4 Å². The molecule has 1 unspecified atom stereocenters. The van der Waals surface area contributed by atoms with E-state index in [4.69, 9.17) is 0 Å². The molecule has 1 atom stereocenters. The van der Waals surface area contributed by atoms with E-state index in [1.807, 2.05) is 13.8 Å². The quantitative estimate of drug-likeness (QED) is 0.855. The van der Waals surface area contributed by atoms with Crippen molar-refractivity contribution in [1.82, 2.24) is 14.9 Å². The Kier molecular flexibility index (Phi) is 4.58. The lowest BCUT2D eigenvalue weighted by Gasteiger charge is -2.23. The fourth-order valence-corrected chi connectivity index (χ4v) is 3.89. The van der Waals surface area contributed by atoms with Crippen LogP contribution in [0.4, 0.5) is 13.2 Å². The van der Waals surface area contributed by atoms with Crippen LogP contribution in [-0.4, -0.2) is 26.5 Å². The maximum Gasteiger partial charge on any atom is 0.234 e. The Morgan fingerprint density at radius 1 is 1.33 bits per heavy atom. The van der Waals surface area contributed by atoms with Gasteiger partial charge in [0.1, 0.15) is 11.2 Å². The molecule has 1 N–H and O–H groups in total. The van der Waals surface area contributed by atoms with Crippen LogP contribution in [0.5, 0.6) is 0 Å². The number of carbonyl (C=O) groups excluding carboxylic acids is 1. The molecular formula is C16H16F3N3OS. The average molecular weight is 355 g/mol. The smallest absolute Gasteiger partial charge is 0.234 e. The van der Waals surface area contributed by atoms with Gasteiger partial charge in [-0.25, -0.2) is 18.2 Å². The number of H-pyrrole nitrogens is 1. The first kappa shape index (κ1) is 16.9. The number of aryl methyl sites for hydroxylation is 2. The Balaban J connectivity index is 1.91. The molecule has 3 rings (SSSR count). The van der Waals surface area contributed by atoms with Crippen LogP contribution in [0.3, 0.4) is 0 Å². The molecule has 0 saturated carbocycles. The summed E-state index contributed by atoms with van der Waals surface area (Å²) in [6, 6.07) is 2.03. The van der Waals surface area contributed by atoms with E-state index in [0.29, 0.717) is 5.69 Å². The lowest BCUT2D eigenvalue weighted by Crippen LogP contribution is -2.28. The SMILES string of the molecule is CCc1nc(C2SCC(=O)N2Cc2ccc(F)c(F)c2F)c(C)[nH]1. The van der Waals surface area contributed by atoms with Crippen LogP contribution in [0.25, 0.3) is 0 Å². The number of rotatable bonds is 4. The molecule has 1 aliphatic heterocycles. The maximum absolute atomic E-state index is 13.9. The lowest BCUT2D eigenvalue weighted by molar-refractivity contribution is -0.128. The van der Waals surface area contributed by atoms with Crippen LogP contribution in [0.15, 0.2) is 12.1 Å². The van der Waals surface area contributed by atoms with Gasteiger partial charge in [0.15, 0.2) is 17.5 Å². The van der Waals surface area contributed by atoms with Crippen molar-refractivity contribution in [2.24, 2.45) is 0 Å². The standard InChI is InChI=1S/C16H16F3N3OS/c1-3-11-20-8(2)15(21-11)16-22(12(23)7-24-16)6-9-4-5-10(17)14(19)13(9)18/h4-5,16H,3,6-7H2,1-2H3,(H,20,21). The number of carbonyl (C=O) groups is 1. The third kappa shape index (κ3) is 2.90. The number of hydrogen-bond donors (Lipinski definition) is 1. The Morgan fingerprint density at radius 3 is 2.75 bits per heavy atom. The Hall–Kier alpha value is -1.96. The predicted octanol–water partition coefficient (Wildman–Crippen LogP) is 3.47. The predicted molar refractivity (Wildman–Crippen MR) is 84.8 cm³/mol. The number of amides is 1. The summed E-state index contributed by atoms with van der Waals surface area (Å²) in [5, 5.41) is -0.374. The van der Waals surface area contributed by atoms with Crippen molar-refractivity contribution in [3.63, 3.8) is 0 Å². The summed E-state index contributed by atoms with van der Waals surface area (Å²) in [4.78, 5) is 21.3. The van der Waals surface area contributed by atoms with Crippen LogP contribution >= 0.6 is 11.8 Å². The van der Waals surface area contributed by atoms with E-state index in [0.717, 1.165) is 30.1 Å². The van der Waals surface area contributed by atoms with Gasteiger partial charge >= 0.3 is 0 Å². The molecule has 1 aromatic heterocycles. The second-order valence-corrected chi connectivity index (χ2v) is 6.64. The monoisotopic (exact) mass is 355 g/mol. The number of aromatic amines is 1. The van der Waals surface area contributed by atoms with E-state index in [1.165, 1.54) is 16.7 Å². The normalized spacial score (nSPS) is 17.8. The molecule has 2 heterocycles. The van der Waals surface area contributed by atoms with Crippen molar-refractivity contribution in [2.75, 3.05) is 5.75 Å². The maximum atomic E-state index is 13.9. The molecule has 1 fully saturated rings. The first-order chi connectivity index (χ1) is 11.4. The molecule has 24 heavy (non-hydrogen) atoms. The van der Waals surface area contributed by atoms with E-state index >= 15 is 0 Å². The van der Waals surface area contributed by atoms with Crippen molar-refractivity contribution in [3.8, 4) is 0 Å². The van der Waals surface area contributed by atoms with E-state index in [1.54, 1.807) is 0 Å². The zero-order valence-corrected chi connectivity index (χ0v) is 14.0. The second kappa shape index (κ2) is 6.51. The molecule has 1 aliphatic rings. The molecule has 1 saturated heterocycles. The zero-order chi connectivity index (χ0) is 17.4. The van der Waals surface area contributed by atoms with Crippen LogP contribution in [0, 0.1) is 24.4 Å². The summed E-state index contributed by atoms with van der Waals surface area (Å²) in [7, 11) is 0. The van der Waals surface area contributed by atoms with Gasteiger partial charge < -0.3 is 9.88 Å². The number of nitrogens with zero attached hydrogens (tertiary/aromatic N) is 2. The first-order valence-electron chi connectivity index (χ1n) is 7.51. The van der Waals surface area contributed by atoms with Crippen LogP contribution in [0.2, 0.25) is 0 Å². The van der Waals surface area contributed by atoms with Crippen LogP contribution in [-0.2, 0) is 17.8 Å². The summed E-state index contributed by atoms with van der Waals surface area (Å²) in [6.07, 6.45) is 0.726. The number of benzene rings is 1. The summed E-state index contributed by atoms with van der Waals surface area (Å²) in [5.74, 6) is -3.16. The van der Waals surface area contributed by atoms with Gasteiger partial charge in [-0.15, -0.1) is 11.8 Å². The van der Waals surface area contributed by atoms with Gasteiger partial charge in [0.25, 0.3) is 0 Å². The van der Waals surface area contributed by atoms with E-state index in [2.05, 4.69) is 9.97 Å². The Bertz CT molecular complexity index is 793. The van der Waals surface area contributed by atoms with E-state index in [9.17, 15) is 18.0 Å². The summed E-state index contributed by atoms with van der Waals surface area (Å²) in [6.45, 7) is 3.69. The molecule has 0 radical (unpaired) electrons. The average Bonchev–Trinajstić information content (AvgIpc) is 3.11. The highest BCUT2D eigenvalue weighted by Gasteiger charge is 2.36. The highest BCUT2D eigenvalue weighted by atomic mass is 32.2. The number of hydrogen-bond acceptors (Lipinski definition) is 3. The molecule has 0 bridgehead atoms. The number of imidazole rings is 1. The van der Waals surface area contributed by atoms with Gasteiger partial charge in [0.05, 0.1) is 18.0 Å². The molecule has 1 amide bonds. The molecule has 4 nitrogen and oxygen atoms in total. The highest BCUT2D eigenvalue weighted by molar-refractivity contribution is 8.00. The van der Waals surface area contributed by atoms with Crippen molar-refractivity contribution in [1.29, 1.82) is 0 Å². The fraction of sp³-hybridized carbons (Fsp3) is 0.375. The minimum absolute atomic E-state index is 0.0568. The van der Waals surface area contributed by atoms with Crippen molar-refractivity contribution >= 4 is 17.7 Å². The van der Waals surface area contributed by atoms with Crippen molar-refractivity contribution < 1.29 is 18.0 Å². The number of thioether (sulfide) groups is 1. The van der Waals surface area contributed by atoms with Gasteiger partial charge in [0, 0.05) is 17.7 Å². The highest BCUT2D eigenvalue weighted by Crippen LogP contribution is 2.40. The van der Waals surface area contributed by atoms with Crippen LogP contribution < -0.4 is 0 Å². The Morgan fingerprint density at radius 2 is 2.08 bits per heavy atom. The van der Waals surface area contributed by atoms with Gasteiger partial charge in [0.2, 0.25) is 5.91 Å². The third-order valence-electron chi connectivity index (χ3n) is 3.96. The number of aromatic nitrogens is 2. The molecule has 128 valence electrons. The van der Waals surface area contributed by atoms with E-state index in [-0.39, 0.29) is 29.1 Å². The summed E-state index contributed by atoms with van der Waals surface area (Å²) >= 11 is 1.39. The molecule has 1 aromatic carbocycles. The summed E-state index contributed by atoms with van der Waals surface area (Å²) in [5.41, 5.74) is 1.50. The second-order valence-electron chi connectivity index (χ2n) is 5.57. The minimum atomic E-state index is -1.52. The van der Waals surface area contributed by atoms with Crippen molar-refractivity contribution in [2.45, 2.75) is 32.2 Å². The largest absolute Gasteiger partial charge is 0.346 e. The molecule has 2 aromatic rings. The molecule has 0 spiro atoms. The van der Waals surface area contributed by atoms with Crippen LogP contribution in [0.1, 0.15) is 35.1 Å². The van der Waals surface area contributed by atoms with Gasteiger partial charge in [-0.3, -0.25) is 4.79 Å². The fourth-order valence-electron chi connectivity index (χ4n) is 2.67. The van der Waals surface area contributed by atoms with Gasteiger partial charge in [-0.05, 0) is 13.0 Å². The molecule has 8 heteroatoms. The number of nitrogens with one attached hydrogen (secondary N) is 1. The lowest BCUT2D eigenvalue weighted by atomic mass is 10.1. The minimum Gasteiger partial charge on any atom is -0.346 e. The third-order valence-corrected chi connectivity index (χ3v) is 5.17. The topological polar surface area (TPSA) is 49.0 Å². The molecular weight excluding hydrogens is 339 g/mol.